The normalized spacial score (nSPS) is 16.2. The molecule has 2 amide bonds. The van der Waals surface area contributed by atoms with Gasteiger partial charge in [-0.25, -0.2) is 0 Å². The monoisotopic (exact) mass is 352 g/mol. The predicted octanol–water partition coefficient (Wildman–Crippen LogP) is 2.83. The molecule has 0 spiro atoms. The van der Waals surface area contributed by atoms with E-state index >= 15 is 0 Å². The van der Waals surface area contributed by atoms with Gasteiger partial charge in [-0.2, -0.15) is 0 Å². The van der Waals surface area contributed by atoms with Crippen LogP contribution < -0.4 is 15.0 Å². The molecule has 6 heteroatoms. The topological polar surface area (TPSA) is 58.6 Å². The number of benzene rings is 2. The fourth-order valence-electron chi connectivity index (χ4n) is 2.53. The van der Waals surface area contributed by atoms with E-state index in [9.17, 15) is 9.59 Å². The molecule has 0 bridgehead atoms. The van der Waals surface area contributed by atoms with Gasteiger partial charge in [0.05, 0.1) is 12.8 Å². The van der Waals surface area contributed by atoms with Gasteiger partial charge >= 0.3 is 0 Å². The fraction of sp³-hybridized carbons (Fsp3) is 0.105. The summed E-state index contributed by atoms with van der Waals surface area (Å²) in [6, 6.07) is 14.5. The zero-order chi connectivity index (χ0) is 18.0. The number of thiocarbonyl (C=S) groups is 1. The molecule has 5 nitrogen and oxygen atoms in total. The van der Waals surface area contributed by atoms with Crippen LogP contribution in [0.4, 0.5) is 5.69 Å². The summed E-state index contributed by atoms with van der Waals surface area (Å²) in [4.78, 5) is 26.5. The Hall–Kier alpha value is -2.99. The average Bonchev–Trinajstić information content (AvgIpc) is 2.60. The molecule has 1 heterocycles. The van der Waals surface area contributed by atoms with Crippen molar-refractivity contribution in [3.63, 3.8) is 0 Å². The third kappa shape index (κ3) is 3.29. The van der Waals surface area contributed by atoms with Gasteiger partial charge in [-0.15, -0.1) is 0 Å². The molecular formula is C19H16N2O3S. The van der Waals surface area contributed by atoms with E-state index in [1.807, 2.05) is 31.2 Å². The number of nitrogens with zero attached hydrogens (tertiary/aromatic N) is 1. The van der Waals surface area contributed by atoms with Crippen LogP contribution in [0.3, 0.4) is 0 Å². The summed E-state index contributed by atoms with van der Waals surface area (Å²) in [5.41, 5.74) is 2.30. The van der Waals surface area contributed by atoms with Crippen LogP contribution in [0.15, 0.2) is 54.1 Å². The standard InChI is InChI=1S/C19H16N2O3S/c1-12-7-9-14(10-8-12)21-18(23)15(17(22)20-19(21)25)11-13-5-3-4-6-16(13)24-2/h3-11H,1-2H3,(H,20,22,25)/b15-11+. The van der Waals surface area contributed by atoms with Crippen LogP contribution in [-0.2, 0) is 9.59 Å². The summed E-state index contributed by atoms with van der Waals surface area (Å²) < 4.78 is 5.28. The largest absolute Gasteiger partial charge is 0.496 e. The Balaban J connectivity index is 2.03. The molecule has 0 radical (unpaired) electrons. The lowest BCUT2D eigenvalue weighted by Gasteiger charge is -2.29. The number of carbonyl (C=O) groups excluding carboxylic acids is 2. The van der Waals surface area contributed by atoms with E-state index in [1.165, 1.54) is 18.1 Å². The molecule has 126 valence electrons. The van der Waals surface area contributed by atoms with Crippen LogP contribution in [0.2, 0.25) is 0 Å². The molecule has 0 aliphatic carbocycles. The average molecular weight is 352 g/mol. The number of para-hydroxylation sites is 1. The van der Waals surface area contributed by atoms with Gasteiger partial charge in [0.1, 0.15) is 11.3 Å². The maximum Gasteiger partial charge on any atom is 0.270 e. The van der Waals surface area contributed by atoms with Gasteiger partial charge in [-0.3, -0.25) is 19.8 Å². The number of amides is 2. The zero-order valence-electron chi connectivity index (χ0n) is 13.8. The Morgan fingerprint density at radius 3 is 2.44 bits per heavy atom. The third-order valence-electron chi connectivity index (χ3n) is 3.83. The number of hydrogen-bond donors (Lipinski definition) is 1. The molecule has 0 saturated carbocycles. The fourth-order valence-corrected chi connectivity index (χ4v) is 2.81. The second kappa shape index (κ2) is 6.86. The molecular weight excluding hydrogens is 336 g/mol. The van der Waals surface area contributed by atoms with E-state index < -0.39 is 11.8 Å². The Morgan fingerprint density at radius 1 is 1.08 bits per heavy atom. The smallest absolute Gasteiger partial charge is 0.270 e. The minimum absolute atomic E-state index is 0.00123. The van der Waals surface area contributed by atoms with Crippen LogP contribution in [0.5, 0.6) is 5.75 Å². The van der Waals surface area contributed by atoms with Gasteiger partial charge < -0.3 is 4.74 Å². The van der Waals surface area contributed by atoms with Crippen molar-refractivity contribution in [1.29, 1.82) is 0 Å². The molecule has 1 aliphatic rings. The van der Waals surface area contributed by atoms with Gasteiger partial charge in [-0.1, -0.05) is 35.9 Å². The molecule has 0 aromatic heterocycles. The second-order valence-electron chi connectivity index (χ2n) is 5.54. The SMILES string of the molecule is COc1ccccc1/C=C1\C(=O)NC(=S)N(c2ccc(C)cc2)C1=O. The minimum Gasteiger partial charge on any atom is -0.496 e. The first-order valence-corrected chi connectivity index (χ1v) is 8.03. The van der Waals surface area contributed by atoms with Crippen molar-refractivity contribution in [2.24, 2.45) is 0 Å². The molecule has 25 heavy (non-hydrogen) atoms. The second-order valence-corrected chi connectivity index (χ2v) is 5.92. The van der Waals surface area contributed by atoms with E-state index in [0.717, 1.165) is 5.56 Å². The molecule has 1 saturated heterocycles. The van der Waals surface area contributed by atoms with Gasteiger partial charge in [-0.05, 0) is 43.4 Å². The highest BCUT2D eigenvalue weighted by atomic mass is 32.1. The Bertz CT molecular complexity index is 888. The lowest BCUT2D eigenvalue weighted by Crippen LogP contribution is -2.54. The maximum atomic E-state index is 12.9. The predicted molar refractivity (Wildman–Crippen MR) is 100 cm³/mol. The number of aryl methyl sites for hydroxylation is 1. The minimum atomic E-state index is -0.524. The van der Waals surface area contributed by atoms with E-state index in [0.29, 0.717) is 17.0 Å². The highest BCUT2D eigenvalue weighted by Gasteiger charge is 2.34. The van der Waals surface area contributed by atoms with E-state index in [4.69, 9.17) is 17.0 Å². The summed E-state index contributed by atoms with van der Waals surface area (Å²) in [5.74, 6) is -0.418. The lowest BCUT2D eigenvalue weighted by molar-refractivity contribution is -0.122. The van der Waals surface area contributed by atoms with Crippen LogP contribution in [-0.4, -0.2) is 24.0 Å². The van der Waals surface area contributed by atoms with Crippen molar-refractivity contribution in [2.75, 3.05) is 12.0 Å². The number of hydrogen-bond acceptors (Lipinski definition) is 4. The van der Waals surface area contributed by atoms with Crippen molar-refractivity contribution in [2.45, 2.75) is 6.92 Å². The van der Waals surface area contributed by atoms with Crippen molar-refractivity contribution in [1.82, 2.24) is 5.32 Å². The summed E-state index contributed by atoms with van der Waals surface area (Å²) in [7, 11) is 1.54. The number of ether oxygens (including phenoxy) is 1. The quantitative estimate of drug-likeness (QED) is 0.524. The first kappa shape index (κ1) is 16.9. The van der Waals surface area contributed by atoms with E-state index in [-0.39, 0.29) is 10.7 Å². The van der Waals surface area contributed by atoms with Gasteiger partial charge in [0.25, 0.3) is 11.8 Å². The summed E-state index contributed by atoms with van der Waals surface area (Å²) in [5, 5.41) is 2.63. The van der Waals surface area contributed by atoms with Crippen molar-refractivity contribution in [3.05, 3.63) is 65.2 Å². The Labute approximate surface area is 150 Å². The molecule has 2 aromatic rings. The first-order chi connectivity index (χ1) is 12.0. The van der Waals surface area contributed by atoms with Crippen LogP contribution in [0.1, 0.15) is 11.1 Å². The molecule has 1 aliphatic heterocycles. The van der Waals surface area contributed by atoms with Gasteiger partial charge in [0.15, 0.2) is 5.11 Å². The number of rotatable bonds is 3. The molecule has 2 aromatic carbocycles. The van der Waals surface area contributed by atoms with Crippen LogP contribution >= 0.6 is 12.2 Å². The van der Waals surface area contributed by atoms with E-state index in [1.54, 1.807) is 24.3 Å². The summed E-state index contributed by atoms with van der Waals surface area (Å²) >= 11 is 5.18. The molecule has 1 N–H and O–H groups in total. The zero-order valence-corrected chi connectivity index (χ0v) is 14.6. The Kier molecular flexibility index (Phi) is 4.63. The van der Waals surface area contributed by atoms with E-state index in [2.05, 4.69) is 5.32 Å². The number of nitrogens with one attached hydrogen (secondary N) is 1. The van der Waals surface area contributed by atoms with Gasteiger partial charge in [0, 0.05) is 5.56 Å². The first-order valence-electron chi connectivity index (χ1n) is 7.62. The molecule has 1 fully saturated rings. The molecule has 0 atom stereocenters. The number of anilines is 1. The third-order valence-corrected chi connectivity index (χ3v) is 4.12. The highest BCUT2D eigenvalue weighted by molar-refractivity contribution is 7.80. The summed E-state index contributed by atoms with van der Waals surface area (Å²) in [6.07, 6.45) is 1.51. The molecule has 3 rings (SSSR count). The number of carbonyl (C=O) groups is 2. The maximum absolute atomic E-state index is 12.9. The Morgan fingerprint density at radius 2 is 1.76 bits per heavy atom. The van der Waals surface area contributed by atoms with Crippen molar-refractivity contribution < 1.29 is 14.3 Å². The molecule has 0 unspecified atom stereocenters. The van der Waals surface area contributed by atoms with Crippen molar-refractivity contribution >= 4 is 40.9 Å². The lowest BCUT2D eigenvalue weighted by atomic mass is 10.1. The number of methoxy groups -OCH3 is 1. The summed E-state index contributed by atoms with van der Waals surface area (Å²) in [6.45, 7) is 1.95. The highest BCUT2D eigenvalue weighted by Crippen LogP contribution is 2.25. The van der Waals surface area contributed by atoms with Crippen LogP contribution in [0, 0.1) is 6.92 Å². The van der Waals surface area contributed by atoms with Crippen molar-refractivity contribution in [3.8, 4) is 5.75 Å². The van der Waals surface area contributed by atoms with Gasteiger partial charge in [0.2, 0.25) is 0 Å². The van der Waals surface area contributed by atoms with Crippen LogP contribution in [0.25, 0.3) is 6.08 Å².